The third kappa shape index (κ3) is 2.16. The van der Waals surface area contributed by atoms with Crippen molar-refractivity contribution < 1.29 is 9.50 Å². The van der Waals surface area contributed by atoms with Crippen molar-refractivity contribution in [3.63, 3.8) is 0 Å². The highest BCUT2D eigenvalue weighted by Gasteiger charge is 2.18. The minimum atomic E-state index is -0.912. The van der Waals surface area contributed by atoms with E-state index in [1.807, 2.05) is 32.0 Å². The molecule has 0 radical (unpaired) electrons. The van der Waals surface area contributed by atoms with Crippen LogP contribution in [0.5, 0.6) is 0 Å². The van der Waals surface area contributed by atoms with Crippen molar-refractivity contribution in [2.24, 2.45) is 0 Å². The Balaban J connectivity index is 2.51. The van der Waals surface area contributed by atoms with Crippen LogP contribution >= 0.6 is 0 Å². The van der Waals surface area contributed by atoms with Gasteiger partial charge in [-0.1, -0.05) is 36.4 Å². The normalized spacial score (nSPS) is 12.5. The van der Waals surface area contributed by atoms with Gasteiger partial charge in [-0.3, -0.25) is 0 Å². The molecule has 0 saturated carbocycles. The van der Waals surface area contributed by atoms with Gasteiger partial charge in [0.15, 0.2) is 0 Å². The average Bonchev–Trinajstić information content (AvgIpc) is 2.35. The first-order valence-electron chi connectivity index (χ1n) is 6.01. The molecule has 0 bridgehead atoms. The Morgan fingerprint density at radius 2 is 1.44 bits per heavy atom. The van der Waals surface area contributed by atoms with Gasteiger partial charge in [0.25, 0.3) is 0 Å². The topological polar surface area (TPSA) is 20.2 Å². The maximum absolute atomic E-state index is 14.0. The van der Waals surface area contributed by atoms with E-state index in [4.69, 9.17) is 0 Å². The Kier molecular flexibility index (Phi) is 3.48. The minimum Gasteiger partial charge on any atom is -0.384 e. The summed E-state index contributed by atoms with van der Waals surface area (Å²) in [6.07, 6.45) is -0.912. The number of aliphatic hydroxyl groups is 1. The molecule has 18 heavy (non-hydrogen) atoms. The first-order valence-corrected chi connectivity index (χ1v) is 6.01. The molecule has 94 valence electrons. The molecule has 1 unspecified atom stereocenters. The smallest absolute Gasteiger partial charge is 0.132 e. The average molecular weight is 244 g/mol. The number of halogens is 1. The molecule has 2 aromatic rings. The molecule has 0 aliphatic rings. The molecule has 0 aliphatic carbocycles. The van der Waals surface area contributed by atoms with Crippen LogP contribution in [0.15, 0.2) is 36.4 Å². The summed E-state index contributed by atoms with van der Waals surface area (Å²) < 4.78 is 14.0. The molecule has 0 amide bonds. The highest BCUT2D eigenvalue weighted by atomic mass is 19.1. The molecule has 0 spiro atoms. The second-order valence-corrected chi connectivity index (χ2v) is 4.67. The summed E-state index contributed by atoms with van der Waals surface area (Å²) in [6, 6.07) is 10.8. The Morgan fingerprint density at radius 1 is 0.889 bits per heavy atom. The zero-order valence-corrected chi connectivity index (χ0v) is 10.9. The maximum Gasteiger partial charge on any atom is 0.132 e. The van der Waals surface area contributed by atoms with Gasteiger partial charge in [0.1, 0.15) is 11.9 Å². The number of aryl methyl sites for hydroxylation is 2. The van der Waals surface area contributed by atoms with E-state index >= 15 is 0 Å². The molecule has 0 aliphatic heterocycles. The van der Waals surface area contributed by atoms with Gasteiger partial charge in [-0.2, -0.15) is 0 Å². The third-order valence-electron chi connectivity index (χ3n) is 3.46. The highest BCUT2D eigenvalue weighted by Crippen LogP contribution is 2.28. The fraction of sp³-hybridized carbons (Fsp3) is 0.250. The van der Waals surface area contributed by atoms with Gasteiger partial charge < -0.3 is 5.11 Å². The maximum atomic E-state index is 14.0. The Labute approximate surface area is 107 Å². The first kappa shape index (κ1) is 12.8. The van der Waals surface area contributed by atoms with Crippen LogP contribution < -0.4 is 0 Å². The SMILES string of the molecule is Cc1cccc(C(O)c2cccc(C)c2F)c1C. The van der Waals surface area contributed by atoms with Crippen LogP contribution in [-0.4, -0.2) is 5.11 Å². The lowest BCUT2D eigenvalue weighted by molar-refractivity contribution is 0.214. The molecule has 0 saturated heterocycles. The van der Waals surface area contributed by atoms with Crippen LogP contribution in [0.2, 0.25) is 0 Å². The highest BCUT2D eigenvalue weighted by molar-refractivity contribution is 5.40. The zero-order valence-electron chi connectivity index (χ0n) is 10.9. The van der Waals surface area contributed by atoms with Crippen molar-refractivity contribution in [3.05, 3.63) is 70.0 Å². The van der Waals surface area contributed by atoms with E-state index < -0.39 is 6.10 Å². The molecular formula is C16H17FO. The van der Waals surface area contributed by atoms with Crippen LogP contribution in [0.1, 0.15) is 33.9 Å². The summed E-state index contributed by atoms with van der Waals surface area (Å²) in [5.41, 5.74) is 3.76. The molecule has 1 nitrogen and oxygen atoms in total. The van der Waals surface area contributed by atoms with E-state index in [2.05, 4.69) is 0 Å². The number of rotatable bonds is 2. The van der Waals surface area contributed by atoms with Crippen LogP contribution in [0.25, 0.3) is 0 Å². The second kappa shape index (κ2) is 4.91. The van der Waals surface area contributed by atoms with Gasteiger partial charge in [-0.15, -0.1) is 0 Å². The van der Waals surface area contributed by atoms with Gasteiger partial charge in [-0.25, -0.2) is 4.39 Å². The van der Waals surface area contributed by atoms with Gasteiger partial charge in [0.05, 0.1) is 0 Å². The van der Waals surface area contributed by atoms with Crippen LogP contribution in [0.3, 0.4) is 0 Å². The lowest BCUT2D eigenvalue weighted by Crippen LogP contribution is -2.06. The van der Waals surface area contributed by atoms with E-state index in [1.165, 1.54) is 0 Å². The molecule has 0 aromatic heterocycles. The molecule has 2 heteroatoms. The number of aliphatic hydroxyl groups excluding tert-OH is 1. The molecule has 0 heterocycles. The lowest BCUT2D eigenvalue weighted by Gasteiger charge is -2.17. The first-order chi connectivity index (χ1) is 8.52. The fourth-order valence-electron chi connectivity index (χ4n) is 2.12. The van der Waals surface area contributed by atoms with E-state index in [0.29, 0.717) is 11.1 Å². The van der Waals surface area contributed by atoms with Crippen molar-refractivity contribution in [3.8, 4) is 0 Å². The summed E-state index contributed by atoms with van der Waals surface area (Å²) in [6.45, 7) is 5.63. The largest absolute Gasteiger partial charge is 0.384 e. The Hall–Kier alpha value is -1.67. The third-order valence-corrected chi connectivity index (χ3v) is 3.46. The molecule has 1 atom stereocenters. The van der Waals surface area contributed by atoms with Crippen molar-refractivity contribution in [2.45, 2.75) is 26.9 Å². The monoisotopic (exact) mass is 244 g/mol. The quantitative estimate of drug-likeness (QED) is 0.851. The van der Waals surface area contributed by atoms with Crippen LogP contribution in [0, 0.1) is 26.6 Å². The summed E-state index contributed by atoms with van der Waals surface area (Å²) in [5, 5.41) is 10.4. The summed E-state index contributed by atoms with van der Waals surface area (Å²) in [5.74, 6) is -0.328. The van der Waals surface area contributed by atoms with Gasteiger partial charge >= 0.3 is 0 Å². The van der Waals surface area contributed by atoms with Gasteiger partial charge in [0.2, 0.25) is 0 Å². The number of hydrogen-bond donors (Lipinski definition) is 1. The van der Waals surface area contributed by atoms with E-state index in [-0.39, 0.29) is 5.82 Å². The predicted molar refractivity (Wildman–Crippen MR) is 71.1 cm³/mol. The molecular weight excluding hydrogens is 227 g/mol. The molecule has 2 aromatic carbocycles. The van der Waals surface area contributed by atoms with Gasteiger partial charge in [-0.05, 0) is 43.0 Å². The zero-order chi connectivity index (χ0) is 13.3. The number of hydrogen-bond acceptors (Lipinski definition) is 1. The summed E-state index contributed by atoms with van der Waals surface area (Å²) >= 11 is 0. The van der Waals surface area contributed by atoms with Crippen molar-refractivity contribution in [2.75, 3.05) is 0 Å². The standard InChI is InChI=1S/C16H17FO/c1-10-6-4-8-13(12(10)3)16(18)14-9-5-7-11(2)15(14)17/h4-9,16,18H,1-3H3. The molecule has 1 N–H and O–H groups in total. The summed E-state index contributed by atoms with van der Waals surface area (Å²) in [4.78, 5) is 0. The van der Waals surface area contributed by atoms with E-state index in [9.17, 15) is 9.50 Å². The van der Waals surface area contributed by atoms with Crippen LogP contribution in [0.4, 0.5) is 4.39 Å². The molecule has 0 fully saturated rings. The van der Waals surface area contributed by atoms with Crippen molar-refractivity contribution in [1.29, 1.82) is 0 Å². The Bertz CT molecular complexity index is 524. The van der Waals surface area contributed by atoms with Crippen molar-refractivity contribution in [1.82, 2.24) is 0 Å². The Morgan fingerprint density at radius 3 is 2.11 bits per heavy atom. The summed E-state index contributed by atoms with van der Waals surface area (Å²) in [7, 11) is 0. The minimum absolute atomic E-state index is 0.328. The predicted octanol–water partition coefficient (Wildman–Crippen LogP) is 3.83. The van der Waals surface area contributed by atoms with Crippen molar-refractivity contribution >= 4 is 0 Å². The van der Waals surface area contributed by atoms with E-state index in [0.717, 1.165) is 16.7 Å². The molecule has 2 rings (SSSR count). The van der Waals surface area contributed by atoms with E-state index in [1.54, 1.807) is 25.1 Å². The van der Waals surface area contributed by atoms with Crippen LogP contribution in [-0.2, 0) is 0 Å². The lowest BCUT2D eigenvalue weighted by atomic mass is 9.94. The van der Waals surface area contributed by atoms with Gasteiger partial charge in [0, 0.05) is 5.56 Å². The fourth-order valence-corrected chi connectivity index (χ4v) is 2.12. The second-order valence-electron chi connectivity index (χ2n) is 4.67. The number of benzene rings is 2.